The van der Waals surface area contributed by atoms with E-state index in [1.54, 1.807) is 20.8 Å². The first-order chi connectivity index (χ1) is 4.21. The summed E-state index contributed by atoms with van der Waals surface area (Å²) in [6.07, 6.45) is 0. The quantitative estimate of drug-likeness (QED) is 0.443. The van der Waals surface area contributed by atoms with Crippen molar-refractivity contribution < 1.29 is 107 Å². The minimum absolute atomic E-state index is 0. The molecular weight excluding hydrogens is 221 g/mol. The van der Waals surface area contributed by atoms with E-state index < -0.39 is 9.05 Å². The standard InChI is InChI=1S/C5H11O4Si.3Na/c1-5(2,3)4-9-10(6,7)8;;;/h4H2,1-3H3;;;/q-3;3*+1. The molecule has 8 heteroatoms. The molecule has 0 radical (unpaired) electrons. The van der Waals surface area contributed by atoms with Gasteiger partial charge in [0.05, 0.1) is 0 Å². The largest absolute Gasteiger partial charge is 1.00 e. The maximum atomic E-state index is 9.96. The van der Waals surface area contributed by atoms with Crippen molar-refractivity contribution >= 4 is 9.05 Å². The second kappa shape index (κ2) is 10.2. The van der Waals surface area contributed by atoms with E-state index in [1.165, 1.54) is 0 Å². The van der Waals surface area contributed by atoms with Crippen LogP contribution in [0.4, 0.5) is 0 Å². The summed E-state index contributed by atoms with van der Waals surface area (Å²) in [5.41, 5.74) is -0.280. The molecule has 0 unspecified atom stereocenters. The Morgan fingerprint density at radius 2 is 1.31 bits per heavy atom. The Hall–Kier alpha value is 3.06. The van der Waals surface area contributed by atoms with Gasteiger partial charge in [-0.2, -0.15) is 0 Å². The van der Waals surface area contributed by atoms with Crippen LogP contribution in [0.1, 0.15) is 20.8 Å². The summed E-state index contributed by atoms with van der Waals surface area (Å²) in [5, 5.41) is 0. The van der Waals surface area contributed by atoms with E-state index in [1.807, 2.05) is 0 Å². The molecule has 13 heavy (non-hydrogen) atoms. The summed E-state index contributed by atoms with van der Waals surface area (Å²) in [6, 6.07) is 0. The second-order valence-corrected chi connectivity index (χ2v) is 4.64. The Morgan fingerprint density at radius 3 is 1.38 bits per heavy atom. The van der Waals surface area contributed by atoms with E-state index in [2.05, 4.69) is 4.43 Å². The van der Waals surface area contributed by atoms with Gasteiger partial charge < -0.3 is 18.8 Å². The van der Waals surface area contributed by atoms with Crippen LogP contribution in [0.2, 0.25) is 0 Å². The van der Waals surface area contributed by atoms with Gasteiger partial charge in [-0.05, 0) is 5.41 Å². The predicted molar refractivity (Wildman–Crippen MR) is 31.2 cm³/mol. The zero-order valence-corrected chi connectivity index (χ0v) is 16.3. The molecule has 0 aromatic carbocycles. The first-order valence-corrected chi connectivity index (χ1v) is 4.59. The molecule has 62 valence electrons. The van der Waals surface area contributed by atoms with Crippen LogP contribution in [0.25, 0.3) is 0 Å². The Balaban J connectivity index is -0.000000135. The van der Waals surface area contributed by atoms with E-state index in [0.717, 1.165) is 0 Å². The maximum Gasteiger partial charge on any atom is 1.00 e. The molecule has 0 bridgehead atoms. The van der Waals surface area contributed by atoms with Gasteiger partial charge in [-0.3, -0.25) is 0 Å². The maximum absolute atomic E-state index is 9.96. The Kier molecular flexibility index (Phi) is 19.7. The van der Waals surface area contributed by atoms with E-state index in [4.69, 9.17) is 0 Å². The van der Waals surface area contributed by atoms with Crippen molar-refractivity contribution in [3.8, 4) is 0 Å². The molecule has 0 N–H and O–H groups in total. The van der Waals surface area contributed by atoms with Crippen molar-refractivity contribution in [1.29, 1.82) is 0 Å². The molecule has 0 aliphatic rings. The van der Waals surface area contributed by atoms with E-state index in [9.17, 15) is 14.4 Å². The fourth-order valence-electron chi connectivity index (χ4n) is 0.305. The molecule has 0 saturated carbocycles. The van der Waals surface area contributed by atoms with Crippen LogP contribution in [0.3, 0.4) is 0 Å². The van der Waals surface area contributed by atoms with Crippen molar-refractivity contribution in [2.75, 3.05) is 6.61 Å². The molecule has 0 fully saturated rings. The molecule has 0 aromatic rings. The molecule has 0 aliphatic carbocycles. The minimum Gasteiger partial charge on any atom is -0.861 e. The van der Waals surface area contributed by atoms with Crippen molar-refractivity contribution in [2.24, 2.45) is 5.41 Å². The third-order valence-corrected chi connectivity index (χ3v) is 1.18. The van der Waals surface area contributed by atoms with Gasteiger partial charge in [-0.25, -0.2) is 0 Å². The van der Waals surface area contributed by atoms with Crippen LogP contribution in [-0.4, -0.2) is 15.7 Å². The SMILES string of the molecule is CC(C)(C)CO[Si]([O-])([O-])[O-].[Na+].[Na+].[Na+]. The molecular formula is C5H11Na3O4Si. The van der Waals surface area contributed by atoms with E-state index in [-0.39, 0.29) is 101 Å². The zero-order valence-electron chi connectivity index (χ0n) is 9.34. The number of rotatable bonds is 2. The third kappa shape index (κ3) is 25.4. The number of hydrogen-bond donors (Lipinski definition) is 0. The van der Waals surface area contributed by atoms with Crippen LogP contribution in [0.15, 0.2) is 0 Å². The second-order valence-electron chi connectivity index (χ2n) is 3.35. The normalized spacial score (nSPS) is 10.6. The summed E-state index contributed by atoms with van der Waals surface area (Å²) in [6.45, 7) is 5.31. The molecule has 0 aliphatic heterocycles. The molecule has 0 atom stereocenters. The fourth-order valence-corrected chi connectivity index (χ4v) is 0.915. The minimum atomic E-state index is -5.02. The number of hydrogen-bond acceptors (Lipinski definition) is 4. The van der Waals surface area contributed by atoms with Crippen LogP contribution in [0.5, 0.6) is 0 Å². The summed E-state index contributed by atoms with van der Waals surface area (Å²) in [5.74, 6) is 0. The van der Waals surface area contributed by atoms with Gasteiger partial charge in [0.15, 0.2) is 0 Å². The average Bonchev–Trinajstić information content (AvgIpc) is 1.57. The van der Waals surface area contributed by atoms with Gasteiger partial charge in [-0.1, -0.05) is 20.8 Å². The molecule has 0 spiro atoms. The molecule has 0 amide bonds. The van der Waals surface area contributed by atoms with E-state index >= 15 is 0 Å². The summed E-state index contributed by atoms with van der Waals surface area (Å²) in [4.78, 5) is 29.9. The van der Waals surface area contributed by atoms with E-state index in [0.29, 0.717) is 0 Å². The van der Waals surface area contributed by atoms with Gasteiger partial charge in [0, 0.05) is 6.61 Å². The van der Waals surface area contributed by atoms with Gasteiger partial charge in [0.2, 0.25) is 0 Å². The molecule has 0 heterocycles. The van der Waals surface area contributed by atoms with Crippen LogP contribution in [0, 0.1) is 5.41 Å². The van der Waals surface area contributed by atoms with Crippen molar-refractivity contribution in [1.82, 2.24) is 0 Å². The van der Waals surface area contributed by atoms with Gasteiger partial charge >= 0.3 is 88.7 Å². The smallest absolute Gasteiger partial charge is 0.861 e. The third-order valence-electron chi connectivity index (χ3n) is 0.682. The first kappa shape index (κ1) is 25.0. The Morgan fingerprint density at radius 1 is 1.00 bits per heavy atom. The summed E-state index contributed by atoms with van der Waals surface area (Å²) in [7, 11) is -5.02. The van der Waals surface area contributed by atoms with Crippen LogP contribution in [-0.2, 0) is 4.43 Å². The van der Waals surface area contributed by atoms with Crippen molar-refractivity contribution in [3.63, 3.8) is 0 Å². The van der Waals surface area contributed by atoms with Crippen molar-refractivity contribution in [2.45, 2.75) is 20.8 Å². The molecule has 4 nitrogen and oxygen atoms in total. The van der Waals surface area contributed by atoms with Crippen molar-refractivity contribution in [3.05, 3.63) is 0 Å². The fraction of sp³-hybridized carbons (Fsp3) is 1.00. The monoisotopic (exact) mass is 232 g/mol. The Bertz CT molecular complexity index is 97.3. The molecule has 0 rings (SSSR count). The predicted octanol–water partition coefficient (Wildman–Crippen LogP) is -11.4. The Labute approximate surface area is 147 Å². The topological polar surface area (TPSA) is 78.4 Å². The summed E-state index contributed by atoms with van der Waals surface area (Å²) >= 11 is 0. The summed E-state index contributed by atoms with van der Waals surface area (Å²) < 4.78 is 4.07. The van der Waals surface area contributed by atoms with Gasteiger partial charge in [-0.15, -0.1) is 9.05 Å². The molecule has 0 saturated heterocycles. The van der Waals surface area contributed by atoms with Crippen LogP contribution >= 0.6 is 0 Å². The first-order valence-electron chi connectivity index (χ1n) is 2.96. The van der Waals surface area contributed by atoms with Crippen LogP contribution < -0.4 is 103 Å². The average molecular weight is 232 g/mol. The molecule has 0 aromatic heterocycles. The van der Waals surface area contributed by atoms with Gasteiger partial charge in [0.1, 0.15) is 0 Å². The van der Waals surface area contributed by atoms with Gasteiger partial charge in [0.25, 0.3) is 0 Å². The zero-order chi connectivity index (χ0) is 8.41.